The van der Waals surface area contributed by atoms with E-state index in [0.29, 0.717) is 24.2 Å². The van der Waals surface area contributed by atoms with Gasteiger partial charge in [0.15, 0.2) is 0 Å². The number of pyridine rings is 1. The van der Waals surface area contributed by atoms with Crippen LogP contribution in [0.1, 0.15) is 33.2 Å². The van der Waals surface area contributed by atoms with Gasteiger partial charge < -0.3 is 14.7 Å². The van der Waals surface area contributed by atoms with Crippen molar-refractivity contribution in [2.75, 3.05) is 38.1 Å². The Morgan fingerprint density at radius 1 is 1.00 bits per heavy atom. The highest BCUT2D eigenvalue weighted by atomic mass is 16.2. The highest BCUT2D eigenvalue weighted by Gasteiger charge is 2.32. The number of piperazine rings is 1. The Kier molecular flexibility index (Phi) is 4.66. The maximum atomic E-state index is 13.2. The normalized spacial score (nSPS) is 19.9. The number of carbonyl (C=O) groups is 2. The molecule has 0 saturated carbocycles. The first kappa shape index (κ1) is 17.7. The summed E-state index contributed by atoms with van der Waals surface area (Å²) in [5, 5.41) is 0. The Morgan fingerprint density at radius 3 is 2.41 bits per heavy atom. The molecule has 0 bridgehead atoms. The lowest BCUT2D eigenvalue weighted by Gasteiger charge is -2.32. The van der Waals surface area contributed by atoms with Crippen molar-refractivity contribution in [1.82, 2.24) is 14.8 Å². The van der Waals surface area contributed by atoms with Gasteiger partial charge in [0, 0.05) is 50.3 Å². The third-order valence-corrected chi connectivity index (χ3v) is 5.45. The van der Waals surface area contributed by atoms with E-state index in [4.69, 9.17) is 0 Å². The number of hydrogen-bond donors (Lipinski definition) is 0. The van der Waals surface area contributed by atoms with Gasteiger partial charge in [-0.05, 0) is 38.1 Å². The third-order valence-electron chi connectivity index (χ3n) is 5.45. The van der Waals surface area contributed by atoms with Crippen LogP contribution in [0.25, 0.3) is 0 Å². The lowest BCUT2D eigenvalue weighted by molar-refractivity contribution is 0.0663. The predicted molar refractivity (Wildman–Crippen MR) is 104 cm³/mol. The predicted octanol–water partition coefficient (Wildman–Crippen LogP) is 2.06. The first-order valence-corrected chi connectivity index (χ1v) is 9.39. The van der Waals surface area contributed by atoms with E-state index in [-0.39, 0.29) is 17.9 Å². The van der Waals surface area contributed by atoms with Crippen LogP contribution in [0, 0.1) is 0 Å². The van der Waals surface area contributed by atoms with Crippen molar-refractivity contribution < 1.29 is 9.59 Å². The first-order valence-electron chi connectivity index (χ1n) is 9.39. The molecule has 6 heteroatoms. The Labute approximate surface area is 159 Å². The van der Waals surface area contributed by atoms with Crippen molar-refractivity contribution in [2.45, 2.75) is 19.4 Å². The van der Waals surface area contributed by atoms with Crippen LogP contribution >= 0.6 is 0 Å². The molecule has 2 aliphatic rings. The van der Waals surface area contributed by atoms with Crippen LogP contribution in [-0.4, -0.2) is 65.9 Å². The van der Waals surface area contributed by atoms with E-state index in [1.54, 1.807) is 18.5 Å². The number of likely N-dealkylation sites (N-methyl/N-ethyl adjacent to an activating group) is 1. The first-order chi connectivity index (χ1) is 13.0. The number of benzene rings is 1. The summed E-state index contributed by atoms with van der Waals surface area (Å²) in [5.41, 5.74) is 3.06. The van der Waals surface area contributed by atoms with Crippen molar-refractivity contribution >= 4 is 17.5 Å². The van der Waals surface area contributed by atoms with Gasteiger partial charge in [0.2, 0.25) is 0 Å². The van der Waals surface area contributed by atoms with Crippen LogP contribution < -0.4 is 4.90 Å². The monoisotopic (exact) mass is 364 g/mol. The molecule has 2 amide bonds. The summed E-state index contributed by atoms with van der Waals surface area (Å²) in [6.07, 6.45) is 3.95. The Balaban J connectivity index is 1.57. The molecule has 6 nitrogen and oxygen atoms in total. The van der Waals surface area contributed by atoms with Crippen LogP contribution in [0.5, 0.6) is 0 Å². The molecule has 1 atom stereocenters. The largest absolute Gasteiger partial charge is 0.336 e. The molecular formula is C21H24N4O2. The molecule has 140 valence electrons. The molecule has 0 N–H and O–H groups in total. The van der Waals surface area contributed by atoms with Crippen molar-refractivity contribution in [2.24, 2.45) is 0 Å². The van der Waals surface area contributed by atoms with Crippen LogP contribution in [0.3, 0.4) is 0 Å². The summed E-state index contributed by atoms with van der Waals surface area (Å²) in [7, 11) is 2.05. The van der Waals surface area contributed by atoms with Gasteiger partial charge in [-0.1, -0.05) is 18.2 Å². The van der Waals surface area contributed by atoms with Gasteiger partial charge in [0.25, 0.3) is 11.8 Å². The lowest BCUT2D eigenvalue weighted by Crippen LogP contribution is -2.47. The number of hydrogen-bond acceptors (Lipinski definition) is 4. The minimum atomic E-state index is -0.104. The molecule has 1 aromatic heterocycles. The van der Waals surface area contributed by atoms with Crippen molar-refractivity contribution in [3.63, 3.8) is 0 Å². The summed E-state index contributed by atoms with van der Waals surface area (Å²) in [6, 6.07) is 9.75. The standard InChI is InChI=1S/C21H24N4O2/c1-15-11-16-5-3-4-6-19(16)25(15)21(27)18-12-17(13-22-14-18)20(26)24-9-7-23(2)8-10-24/h3-6,12-15H,7-11H2,1-2H3. The van der Waals surface area contributed by atoms with Crippen LogP contribution in [0.2, 0.25) is 0 Å². The number of rotatable bonds is 2. The van der Waals surface area contributed by atoms with Gasteiger partial charge in [-0.3, -0.25) is 14.6 Å². The highest BCUT2D eigenvalue weighted by Crippen LogP contribution is 2.33. The minimum absolute atomic E-state index is 0.0554. The molecule has 0 spiro atoms. The molecule has 2 aliphatic heterocycles. The topological polar surface area (TPSA) is 56.8 Å². The Bertz CT molecular complexity index is 874. The van der Waals surface area contributed by atoms with Gasteiger partial charge in [-0.15, -0.1) is 0 Å². The molecule has 1 aromatic carbocycles. The molecule has 0 radical (unpaired) electrons. The number of nitrogens with zero attached hydrogens (tertiary/aromatic N) is 4. The highest BCUT2D eigenvalue weighted by molar-refractivity contribution is 6.08. The Morgan fingerprint density at radius 2 is 1.67 bits per heavy atom. The van der Waals surface area contributed by atoms with E-state index in [1.165, 1.54) is 5.56 Å². The van der Waals surface area contributed by atoms with E-state index < -0.39 is 0 Å². The second kappa shape index (κ2) is 7.12. The summed E-state index contributed by atoms with van der Waals surface area (Å²) in [4.78, 5) is 36.0. The molecular weight excluding hydrogens is 340 g/mol. The lowest BCUT2D eigenvalue weighted by atomic mass is 10.1. The van der Waals surface area contributed by atoms with Gasteiger partial charge >= 0.3 is 0 Å². The summed E-state index contributed by atoms with van der Waals surface area (Å²) in [5.74, 6) is -0.159. The van der Waals surface area contributed by atoms with Crippen molar-refractivity contribution in [3.05, 3.63) is 59.4 Å². The smallest absolute Gasteiger partial charge is 0.260 e. The van der Waals surface area contributed by atoms with E-state index in [0.717, 1.165) is 25.2 Å². The quantitative estimate of drug-likeness (QED) is 0.819. The van der Waals surface area contributed by atoms with E-state index in [9.17, 15) is 9.59 Å². The zero-order valence-electron chi connectivity index (χ0n) is 15.8. The number of para-hydroxylation sites is 1. The molecule has 1 fully saturated rings. The van der Waals surface area contributed by atoms with Crippen molar-refractivity contribution in [1.29, 1.82) is 0 Å². The number of fused-ring (bicyclic) bond motifs is 1. The summed E-state index contributed by atoms with van der Waals surface area (Å²) < 4.78 is 0. The molecule has 1 saturated heterocycles. The van der Waals surface area contributed by atoms with Crippen LogP contribution in [0.15, 0.2) is 42.7 Å². The molecule has 0 aliphatic carbocycles. The molecule has 27 heavy (non-hydrogen) atoms. The van der Waals surface area contributed by atoms with Gasteiger partial charge in [-0.25, -0.2) is 0 Å². The molecule has 4 rings (SSSR count). The van der Waals surface area contributed by atoms with Crippen LogP contribution in [-0.2, 0) is 6.42 Å². The summed E-state index contributed by atoms with van der Waals surface area (Å²) >= 11 is 0. The number of aromatic nitrogens is 1. The Hall–Kier alpha value is -2.73. The maximum Gasteiger partial charge on any atom is 0.260 e. The summed E-state index contributed by atoms with van der Waals surface area (Å²) in [6.45, 7) is 5.17. The second-order valence-electron chi connectivity index (χ2n) is 7.41. The van der Waals surface area contributed by atoms with Gasteiger partial charge in [0.1, 0.15) is 0 Å². The second-order valence-corrected chi connectivity index (χ2v) is 7.41. The van der Waals surface area contributed by atoms with Gasteiger partial charge in [-0.2, -0.15) is 0 Å². The minimum Gasteiger partial charge on any atom is -0.336 e. The fraction of sp³-hybridized carbons (Fsp3) is 0.381. The fourth-order valence-electron chi connectivity index (χ4n) is 3.88. The fourth-order valence-corrected chi connectivity index (χ4v) is 3.88. The van der Waals surface area contributed by atoms with Crippen LogP contribution in [0.4, 0.5) is 5.69 Å². The van der Waals surface area contributed by atoms with Crippen molar-refractivity contribution in [3.8, 4) is 0 Å². The number of anilines is 1. The maximum absolute atomic E-state index is 13.2. The van der Waals surface area contributed by atoms with E-state index >= 15 is 0 Å². The van der Waals surface area contributed by atoms with E-state index in [2.05, 4.69) is 23.0 Å². The number of carbonyl (C=O) groups excluding carboxylic acids is 2. The third kappa shape index (κ3) is 3.32. The average molecular weight is 364 g/mol. The molecule has 2 aromatic rings. The zero-order chi connectivity index (χ0) is 19.0. The molecule has 3 heterocycles. The zero-order valence-corrected chi connectivity index (χ0v) is 15.8. The van der Waals surface area contributed by atoms with E-state index in [1.807, 2.05) is 34.9 Å². The molecule has 1 unspecified atom stereocenters. The SMILES string of the molecule is CC1Cc2ccccc2N1C(=O)c1cncc(C(=O)N2CCN(C)CC2)c1. The van der Waals surface area contributed by atoms with Gasteiger partial charge in [0.05, 0.1) is 11.1 Å². The number of amides is 2. The average Bonchev–Trinajstić information content (AvgIpc) is 3.03.